The van der Waals surface area contributed by atoms with Crippen LogP contribution in [0.3, 0.4) is 0 Å². The van der Waals surface area contributed by atoms with Gasteiger partial charge in [0.15, 0.2) is 12.3 Å². The number of para-hydroxylation sites is 1. The number of carbonyl (C=O) groups is 3. The third kappa shape index (κ3) is 4.66. The Morgan fingerprint density at radius 1 is 1.04 bits per heavy atom. The van der Waals surface area contributed by atoms with Gasteiger partial charge in [-0.1, -0.05) is 18.2 Å². The molecule has 0 bridgehead atoms. The van der Waals surface area contributed by atoms with Crippen LogP contribution in [-0.2, 0) is 14.3 Å². The van der Waals surface area contributed by atoms with Crippen molar-refractivity contribution >= 4 is 34.4 Å². The smallest absolute Gasteiger partial charge is 0.359 e. The Labute approximate surface area is 152 Å². The molecule has 3 N–H and O–H groups in total. The summed E-state index contributed by atoms with van der Waals surface area (Å²) in [5.41, 5.74) is 1.14. The van der Waals surface area contributed by atoms with Crippen LogP contribution in [0.4, 0.5) is 10.1 Å². The van der Waals surface area contributed by atoms with Crippen molar-refractivity contribution in [2.45, 2.75) is 0 Å². The maximum absolute atomic E-state index is 12.8. The van der Waals surface area contributed by atoms with Gasteiger partial charge < -0.3 is 15.4 Å². The molecule has 3 aromatic rings. The van der Waals surface area contributed by atoms with Crippen LogP contribution in [0.2, 0.25) is 0 Å². The van der Waals surface area contributed by atoms with E-state index in [-0.39, 0.29) is 12.2 Å². The molecule has 0 aliphatic heterocycles. The first-order chi connectivity index (χ1) is 13.0. The average molecular weight is 370 g/mol. The van der Waals surface area contributed by atoms with Crippen molar-refractivity contribution in [1.82, 2.24) is 15.5 Å². The van der Waals surface area contributed by atoms with Gasteiger partial charge in [0.2, 0.25) is 5.91 Å². The summed E-state index contributed by atoms with van der Waals surface area (Å²) in [6.45, 7) is -0.872. The molecule has 0 aliphatic rings. The second kappa shape index (κ2) is 8.09. The Hall–Kier alpha value is -3.75. The number of ether oxygens (including phenoxy) is 1. The first kappa shape index (κ1) is 18.1. The number of anilines is 1. The Morgan fingerprint density at radius 2 is 1.78 bits per heavy atom. The van der Waals surface area contributed by atoms with E-state index in [0.717, 1.165) is 0 Å². The number of nitrogens with one attached hydrogen (secondary N) is 3. The Balaban J connectivity index is 1.44. The summed E-state index contributed by atoms with van der Waals surface area (Å²) in [6.07, 6.45) is 0. The number of halogens is 1. The molecule has 27 heavy (non-hydrogen) atoms. The number of nitrogens with zero attached hydrogens (tertiary/aromatic N) is 1. The summed E-state index contributed by atoms with van der Waals surface area (Å²) >= 11 is 0. The van der Waals surface area contributed by atoms with Gasteiger partial charge in [-0.2, -0.15) is 5.10 Å². The zero-order valence-corrected chi connectivity index (χ0v) is 14.0. The third-order valence-corrected chi connectivity index (χ3v) is 3.57. The Kier molecular flexibility index (Phi) is 5.41. The number of benzene rings is 2. The maximum Gasteiger partial charge on any atom is 0.359 e. The van der Waals surface area contributed by atoms with Crippen molar-refractivity contribution in [3.8, 4) is 0 Å². The molecule has 0 spiro atoms. The van der Waals surface area contributed by atoms with E-state index < -0.39 is 30.2 Å². The molecule has 0 unspecified atom stereocenters. The van der Waals surface area contributed by atoms with E-state index in [1.165, 1.54) is 24.3 Å². The van der Waals surface area contributed by atoms with E-state index in [2.05, 4.69) is 20.8 Å². The highest BCUT2D eigenvalue weighted by Crippen LogP contribution is 2.15. The lowest BCUT2D eigenvalue weighted by Gasteiger charge is -2.07. The van der Waals surface area contributed by atoms with Crippen molar-refractivity contribution in [2.24, 2.45) is 0 Å². The van der Waals surface area contributed by atoms with Crippen molar-refractivity contribution in [3.05, 3.63) is 60.0 Å². The molecule has 1 aromatic heterocycles. The van der Waals surface area contributed by atoms with E-state index in [1.807, 2.05) is 0 Å². The van der Waals surface area contributed by atoms with Crippen LogP contribution in [0, 0.1) is 5.82 Å². The largest absolute Gasteiger partial charge is 0.451 e. The highest BCUT2D eigenvalue weighted by atomic mass is 19.1. The summed E-state index contributed by atoms with van der Waals surface area (Å²) in [5.74, 6) is -2.32. The van der Waals surface area contributed by atoms with Crippen LogP contribution in [0.1, 0.15) is 10.5 Å². The summed E-state index contributed by atoms with van der Waals surface area (Å²) < 4.78 is 17.7. The number of hydrogen-bond donors (Lipinski definition) is 3. The predicted molar refractivity (Wildman–Crippen MR) is 94.4 cm³/mol. The van der Waals surface area contributed by atoms with Crippen LogP contribution in [0.5, 0.6) is 0 Å². The predicted octanol–water partition coefficient (Wildman–Crippen LogP) is 1.61. The summed E-state index contributed by atoms with van der Waals surface area (Å²) in [6, 6.07) is 12.2. The number of esters is 1. The van der Waals surface area contributed by atoms with Crippen LogP contribution in [0.25, 0.3) is 10.9 Å². The monoisotopic (exact) mass is 370 g/mol. The van der Waals surface area contributed by atoms with E-state index in [4.69, 9.17) is 4.74 Å². The second-order valence-corrected chi connectivity index (χ2v) is 5.53. The van der Waals surface area contributed by atoms with Crippen LogP contribution < -0.4 is 10.6 Å². The standard InChI is InChI=1S/C18H15FN4O4/c19-11-5-7-12(8-6-11)21-15(24)9-20-16(25)10-27-18(26)17-13-3-1-2-4-14(13)22-23-17/h1-8H,9-10H2,(H,20,25)(H,21,24)(H,22,23). The zero-order chi connectivity index (χ0) is 19.2. The van der Waals surface area contributed by atoms with Gasteiger partial charge in [0.1, 0.15) is 5.82 Å². The van der Waals surface area contributed by atoms with Gasteiger partial charge >= 0.3 is 5.97 Å². The SMILES string of the molecule is O=C(COC(=O)c1n[nH]c2ccccc12)NCC(=O)Nc1ccc(F)cc1. The molecule has 3 rings (SSSR count). The quantitative estimate of drug-likeness (QED) is 0.571. The number of hydrogen-bond acceptors (Lipinski definition) is 5. The fourth-order valence-corrected chi connectivity index (χ4v) is 2.29. The maximum atomic E-state index is 12.8. The fraction of sp³-hybridized carbons (Fsp3) is 0.111. The van der Waals surface area contributed by atoms with Gasteiger partial charge in [-0.3, -0.25) is 14.7 Å². The van der Waals surface area contributed by atoms with Gasteiger partial charge in [0.25, 0.3) is 5.91 Å². The lowest BCUT2D eigenvalue weighted by Crippen LogP contribution is -2.35. The minimum Gasteiger partial charge on any atom is -0.451 e. The molecule has 0 saturated carbocycles. The minimum absolute atomic E-state index is 0.0763. The molecule has 0 fully saturated rings. The van der Waals surface area contributed by atoms with Crippen molar-refractivity contribution in [1.29, 1.82) is 0 Å². The van der Waals surface area contributed by atoms with Gasteiger partial charge in [0, 0.05) is 11.1 Å². The van der Waals surface area contributed by atoms with Crippen molar-refractivity contribution in [3.63, 3.8) is 0 Å². The number of rotatable bonds is 6. The number of H-pyrrole nitrogens is 1. The van der Waals surface area contributed by atoms with Gasteiger partial charge in [-0.05, 0) is 30.3 Å². The molecule has 0 saturated heterocycles. The number of aromatic amines is 1. The number of carbonyl (C=O) groups excluding carboxylic acids is 3. The summed E-state index contributed by atoms with van der Waals surface area (Å²) in [5, 5.41) is 12.0. The third-order valence-electron chi connectivity index (χ3n) is 3.57. The molecule has 0 atom stereocenters. The molecule has 1 heterocycles. The van der Waals surface area contributed by atoms with Gasteiger partial charge in [-0.15, -0.1) is 0 Å². The summed E-state index contributed by atoms with van der Waals surface area (Å²) in [7, 11) is 0. The molecule has 9 heteroatoms. The molecular weight excluding hydrogens is 355 g/mol. The van der Waals surface area contributed by atoms with Gasteiger partial charge in [-0.25, -0.2) is 9.18 Å². The first-order valence-electron chi connectivity index (χ1n) is 7.95. The number of fused-ring (bicyclic) bond motifs is 1. The molecule has 0 aliphatic carbocycles. The normalized spacial score (nSPS) is 10.4. The molecule has 0 radical (unpaired) electrons. The van der Waals surface area contributed by atoms with Crippen LogP contribution >= 0.6 is 0 Å². The lowest BCUT2D eigenvalue weighted by atomic mass is 10.2. The molecule has 8 nitrogen and oxygen atoms in total. The molecule has 138 valence electrons. The highest BCUT2D eigenvalue weighted by molar-refractivity contribution is 6.02. The van der Waals surface area contributed by atoms with E-state index in [1.54, 1.807) is 24.3 Å². The first-order valence-corrected chi connectivity index (χ1v) is 7.95. The Morgan fingerprint density at radius 3 is 2.56 bits per heavy atom. The van der Waals surface area contributed by atoms with E-state index >= 15 is 0 Å². The van der Waals surface area contributed by atoms with Crippen molar-refractivity contribution < 1.29 is 23.5 Å². The molecular formula is C18H15FN4O4. The topological polar surface area (TPSA) is 113 Å². The second-order valence-electron chi connectivity index (χ2n) is 5.53. The summed E-state index contributed by atoms with van der Waals surface area (Å²) in [4.78, 5) is 35.5. The molecule has 2 aromatic carbocycles. The number of aromatic nitrogens is 2. The van der Waals surface area contributed by atoms with Crippen LogP contribution in [-0.4, -0.2) is 41.1 Å². The molecule has 2 amide bonds. The fourth-order valence-electron chi connectivity index (χ4n) is 2.29. The Bertz CT molecular complexity index is 984. The van der Waals surface area contributed by atoms with Crippen LogP contribution in [0.15, 0.2) is 48.5 Å². The minimum atomic E-state index is -0.752. The highest BCUT2D eigenvalue weighted by Gasteiger charge is 2.17. The van der Waals surface area contributed by atoms with Gasteiger partial charge in [0.05, 0.1) is 12.1 Å². The zero-order valence-electron chi connectivity index (χ0n) is 14.0. The average Bonchev–Trinajstić information content (AvgIpc) is 3.10. The van der Waals surface area contributed by atoms with E-state index in [9.17, 15) is 18.8 Å². The number of amides is 2. The van der Waals surface area contributed by atoms with Crippen molar-refractivity contribution in [2.75, 3.05) is 18.5 Å². The lowest BCUT2D eigenvalue weighted by molar-refractivity contribution is -0.126. The van der Waals surface area contributed by atoms with E-state index in [0.29, 0.717) is 16.6 Å².